The molecule has 21 heavy (non-hydrogen) atoms. The van der Waals surface area contributed by atoms with Crippen molar-refractivity contribution in [1.82, 2.24) is 20.1 Å². The summed E-state index contributed by atoms with van der Waals surface area (Å²) in [5.41, 5.74) is 2.29. The third-order valence-electron chi connectivity index (χ3n) is 3.91. The predicted molar refractivity (Wildman–Crippen MR) is 78.6 cm³/mol. The number of likely N-dealkylation sites (tertiary alicyclic amines) is 1. The second-order valence-corrected chi connectivity index (χ2v) is 6.17. The first-order chi connectivity index (χ1) is 9.99. The summed E-state index contributed by atoms with van der Waals surface area (Å²) in [5.74, 6) is -0.0734. The zero-order valence-electron chi connectivity index (χ0n) is 12.4. The fourth-order valence-electron chi connectivity index (χ4n) is 2.94. The van der Waals surface area contributed by atoms with E-state index in [4.69, 9.17) is 0 Å². The molecule has 3 heterocycles. The standard InChI is InChI=1S/C16H18N4O/c1-11-6-7-13(19-18-11)15(21)20-10-16(2,3)14(20)12-5-4-8-17-9-12/h4-9,14H,10H2,1-3H3. The van der Waals surface area contributed by atoms with Gasteiger partial charge in [-0.3, -0.25) is 9.78 Å². The molecule has 2 aromatic heterocycles. The Morgan fingerprint density at radius 2 is 2.10 bits per heavy atom. The molecule has 0 N–H and O–H groups in total. The Morgan fingerprint density at radius 3 is 2.67 bits per heavy atom. The Bertz CT molecular complexity index is 652. The average Bonchev–Trinajstić information content (AvgIpc) is 2.46. The lowest BCUT2D eigenvalue weighted by molar-refractivity contribution is -0.0328. The summed E-state index contributed by atoms with van der Waals surface area (Å²) in [4.78, 5) is 18.6. The summed E-state index contributed by atoms with van der Waals surface area (Å²) in [5, 5.41) is 7.97. The van der Waals surface area contributed by atoms with Gasteiger partial charge in [0.25, 0.3) is 5.91 Å². The summed E-state index contributed by atoms with van der Waals surface area (Å²) in [7, 11) is 0. The van der Waals surface area contributed by atoms with Gasteiger partial charge in [-0.2, -0.15) is 5.10 Å². The smallest absolute Gasteiger partial charge is 0.274 e. The molecule has 1 atom stereocenters. The highest BCUT2D eigenvalue weighted by Crippen LogP contribution is 2.48. The largest absolute Gasteiger partial charge is 0.329 e. The van der Waals surface area contributed by atoms with Gasteiger partial charge in [-0.1, -0.05) is 19.9 Å². The second kappa shape index (κ2) is 4.91. The molecule has 108 valence electrons. The molecule has 1 aliphatic rings. The Kier molecular flexibility index (Phi) is 3.20. The summed E-state index contributed by atoms with van der Waals surface area (Å²) >= 11 is 0. The fourth-order valence-corrected chi connectivity index (χ4v) is 2.94. The highest BCUT2D eigenvalue weighted by Gasteiger charge is 2.49. The van der Waals surface area contributed by atoms with Crippen molar-refractivity contribution in [3.8, 4) is 0 Å². The zero-order valence-corrected chi connectivity index (χ0v) is 12.4. The van der Waals surface area contributed by atoms with Crippen LogP contribution in [0.2, 0.25) is 0 Å². The maximum absolute atomic E-state index is 12.6. The van der Waals surface area contributed by atoms with E-state index in [1.807, 2.05) is 36.2 Å². The minimum atomic E-state index is -0.0734. The Labute approximate surface area is 124 Å². The van der Waals surface area contributed by atoms with Gasteiger partial charge in [0.2, 0.25) is 0 Å². The molecular weight excluding hydrogens is 264 g/mol. The van der Waals surface area contributed by atoms with Crippen LogP contribution >= 0.6 is 0 Å². The van der Waals surface area contributed by atoms with Crippen LogP contribution in [0.15, 0.2) is 36.7 Å². The van der Waals surface area contributed by atoms with E-state index in [0.29, 0.717) is 12.2 Å². The van der Waals surface area contributed by atoms with Crippen LogP contribution in [0, 0.1) is 12.3 Å². The highest BCUT2D eigenvalue weighted by molar-refractivity contribution is 5.93. The molecule has 5 nitrogen and oxygen atoms in total. The monoisotopic (exact) mass is 282 g/mol. The second-order valence-electron chi connectivity index (χ2n) is 6.17. The number of aromatic nitrogens is 3. The number of hydrogen-bond donors (Lipinski definition) is 0. The van der Waals surface area contributed by atoms with Crippen molar-refractivity contribution in [2.45, 2.75) is 26.8 Å². The maximum atomic E-state index is 12.6. The minimum absolute atomic E-state index is 0.0294. The van der Waals surface area contributed by atoms with Gasteiger partial charge in [0, 0.05) is 24.4 Å². The van der Waals surface area contributed by atoms with Crippen LogP contribution in [-0.2, 0) is 0 Å². The van der Waals surface area contributed by atoms with Gasteiger partial charge in [-0.25, -0.2) is 0 Å². The normalized spacial score (nSPS) is 20.0. The van der Waals surface area contributed by atoms with Gasteiger partial charge in [-0.15, -0.1) is 5.10 Å². The summed E-state index contributed by atoms with van der Waals surface area (Å²) in [6.07, 6.45) is 3.57. The van der Waals surface area contributed by atoms with Crippen molar-refractivity contribution in [2.75, 3.05) is 6.54 Å². The molecule has 2 aromatic rings. The number of nitrogens with zero attached hydrogens (tertiary/aromatic N) is 4. The van der Waals surface area contributed by atoms with Crippen LogP contribution in [0.5, 0.6) is 0 Å². The van der Waals surface area contributed by atoms with Crippen molar-refractivity contribution in [3.63, 3.8) is 0 Å². The molecule has 1 saturated heterocycles. The van der Waals surface area contributed by atoms with Crippen molar-refractivity contribution in [2.24, 2.45) is 5.41 Å². The van der Waals surface area contributed by atoms with Gasteiger partial charge in [0.15, 0.2) is 5.69 Å². The first kappa shape index (κ1) is 13.7. The van der Waals surface area contributed by atoms with Crippen LogP contribution in [0.4, 0.5) is 0 Å². The molecular formula is C16H18N4O. The lowest BCUT2D eigenvalue weighted by Crippen LogP contribution is -2.58. The SMILES string of the molecule is Cc1ccc(C(=O)N2CC(C)(C)C2c2cccnc2)nn1. The number of carbonyl (C=O) groups is 1. The molecule has 5 heteroatoms. The van der Waals surface area contributed by atoms with Crippen LogP contribution < -0.4 is 0 Å². The summed E-state index contributed by atoms with van der Waals surface area (Å²) in [6, 6.07) is 7.49. The van der Waals surface area contributed by atoms with Gasteiger partial charge in [0.05, 0.1) is 11.7 Å². The van der Waals surface area contributed by atoms with Crippen molar-refractivity contribution >= 4 is 5.91 Å². The van der Waals surface area contributed by atoms with E-state index in [1.165, 1.54) is 0 Å². The van der Waals surface area contributed by atoms with Crippen LogP contribution in [-0.4, -0.2) is 32.5 Å². The quantitative estimate of drug-likeness (QED) is 0.848. The molecule has 3 rings (SSSR count). The van der Waals surface area contributed by atoms with E-state index in [9.17, 15) is 4.79 Å². The maximum Gasteiger partial charge on any atom is 0.274 e. The third-order valence-corrected chi connectivity index (χ3v) is 3.91. The molecule has 0 aromatic carbocycles. The third kappa shape index (κ3) is 2.39. The van der Waals surface area contributed by atoms with Crippen molar-refractivity contribution < 1.29 is 4.79 Å². The molecule has 0 spiro atoms. The van der Waals surface area contributed by atoms with Crippen LogP contribution in [0.3, 0.4) is 0 Å². The fraction of sp³-hybridized carbons (Fsp3) is 0.375. The van der Waals surface area contributed by atoms with Gasteiger partial charge < -0.3 is 4.90 Å². The Morgan fingerprint density at radius 1 is 1.29 bits per heavy atom. The molecule has 0 radical (unpaired) electrons. The van der Waals surface area contributed by atoms with E-state index in [1.54, 1.807) is 12.3 Å². The van der Waals surface area contributed by atoms with Crippen molar-refractivity contribution in [3.05, 3.63) is 53.6 Å². The molecule has 1 aliphatic heterocycles. The minimum Gasteiger partial charge on any atom is -0.329 e. The Balaban J connectivity index is 1.89. The van der Waals surface area contributed by atoms with Gasteiger partial charge >= 0.3 is 0 Å². The zero-order chi connectivity index (χ0) is 15.0. The molecule has 0 saturated carbocycles. The van der Waals surface area contributed by atoms with Gasteiger partial charge in [-0.05, 0) is 30.7 Å². The van der Waals surface area contributed by atoms with Crippen LogP contribution in [0.25, 0.3) is 0 Å². The van der Waals surface area contributed by atoms with E-state index in [-0.39, 0.29) is 17.4 Å². The molecule has 0 bridgehead atoms. The predicted octanol–water partition coefficient (Wildman–Crippen LogP) is 2.40. The first-order valence-electron chi connectivity index (χ1n) is 7.00. The average molecular weight is 282 g/mol. The number of hydrogen-bond acceptors (Lipinski definition) is 4. The van der Waals surface area contributed by atoms with Crippen LogP contribution in [0.1, 0.15) is 41.6 Å². The molecule has 1 fully saturated rings. The lowest BCUT2D eigenvalue weighted by Gasteiger charge is -2.54. The Hall–Kier alpha value is -2.30. The van der Waals surface area contributed by atoms with Crippen molar-refractivity contribution in [1.29, 1.82) is 0 Å². The van der Waals surface area contributed by atoms with E-state index >= 15 is 0 Å². The van der Waals surface area contributed by atoms with Gasteiger partial charge in [0.1, 0.15) is 0 Å². The number of amides is 1. The lowest BCUT2D eigenvalue weighted by atomic mass is 9.72. The molecule has 1 unspecified atom stereocenters. The number of aryl methyl sites for hydroxylation is 1. The topological polar surface area (TPSA) is 59.0 Å². The van der Waals surface area contributed by atoms with E-state index < -0.39 is 0 Å². The molecule has 0 aliphatic carbocycles. The van der Waals surface area contributed by atoms with E-state index in [0.717, 1.165) is 11.3 Å². The summed E-state index contributed by atoms with van der Waals surface area (Å²) in [6.45, 7) is 6.89. The molecule has 1 amide bonds. The highest BCUT2D eigenvalue weighted by atomic mass is 16.2. The number of carbonyl (C=O) groups excluding carboxylic acids is 1. The first-order valence-corrected chi connectivity index (χ1v) is 7.00. The van der Waals surface area contributed by atoms with E-state index in [2.05, 4.69) is 29.0 Å². The number of rotatable bonds is 2. The summed E-state index contributed by atoms with van der Waals surface area (Å²) < 4.78 is 0. The number of pyridine rings is 1.